The number of ether oxygens (including phenoxy) is 1. The van der Waals surface area contributed by atoms with Crippen LogP contribution < -0.4 is 5.73 Å². The number of carbonyl (C=O) groups is 1. The molecule has 0 atom stereocenters. The summed E-state index contributed by atoms with van der Waals surface area (Å²) in [5, 5.41) is 0. The van der Waals surface area contributed by atoms with Crippen LogP contribution in [-0.4, -0.2) is 11.5 Å². The minimum absolute atomic E-state index is 0.199. The van der Waals surface area contributed by atoms with E-state index in [1.54, 1.807) is 0 Å². The van der Waals surface area contributed by atoms with Crippen LogP contribution in [-0.2, 0) is 16.1 Å². The Labute approximate surface area is 109 Å². The summed E-state index contributed by atoms with van der Waals surface area (Å²) in [4.78, 5) is 11.6. The summed E-state index contributed by atoms with van der Waals surface area (Å²) in [6, 6.07) is 7.72. The number of carbonyl (C=O) groups excluding carboxylic acids is 1. The van der Waals surface area contributed by atoms with Crippen LogP contribution in [0.25, 0.3) is 0 Å². The molecule has 1 aliphatic carbocycles. The van der Waals surface area contributed by atoms with Gasteiger partial charge in [-0.1, -0.05) is 28.1 Å². The van der Waals surface area contributed by atoms with Crippen molar-refractivity contribution in [3.05, 3.63) is 34.3 Å². The van der Waals surface area contributed by atoms with Crippen LogP contribution in [0.5, 0.6) is 0 Å². The average Bonchev–Trinajstić information content (AvgIpc) is 2.26. The molecule has 17 heavy (non-hydrogen) atoms. The zero-order valence-corrected chi connectivity index (χ0v) is 11.2. The highest BCUT2D eigenvalue weighted by Gasteiger charge is 2.35. The Kier molecular flexibility index (Phi) is 3.84. The van der Waals surface area contributed by atoms with Gasteiger partial charge < -0.3 is 10.5 Å². The summed E-state index contributed by atoms with van der Waals surface area (Å²) in [5.41, 5.74) is 6.68. The van der Waals surface area contributed by atoms with Crippen molar-refractivity contribution in [3.63, 3.8) is 0 Å². The van der Waals surface area contributed by atoms with Crippen LogP contribution in [0.2, 0.25) is 0 Å². The van der Waals surface area contributed by atoms with E-state index in [0.717, 1.165) is 29.3 Å². The van der Waals surface area contributed by atoms with Gasteiger partial charge in [-0.3, -0.25) is 4.79 Å². The van der Waals surface area contributed by atoms with Gasteiger partial charge in [0.15, 0.2) is 0 Å². The third-order valence-corrected chi connectivity index (χ3v) is 3.69. The molecule has 0 radical (unpaired) electrons. The van der Waals surface area contributed by atoms with Crippen molar-refractivity contribution in [3.8, 4) is 0 Å². The van der Waals surface area contributed by atoms with Gasteiger partial charge >= 0.3 is 5.97 Å². The molecule has 0 amide bonds. The fourth-order valence-corrected chi connectivity index (χ4v) is 2.15. The Morgan fingerprint density at radius 1 is 1.35 bits per heavy atom. The average molecular weight is 298 g/mol. The van der Waals surface area contributed by atoms with E-state index in [-0.39, 0.29) is 11.5 Å². The van der Waals surface area contributed by atoms with Crippen molar-refractivity contribution in [1.82, 2.24) is 0 Å². The number of hydrogen-bond donors (Lipinski definition) is 1. The molecule has 0 saturated heterocycles. The van der Waals surface area contributed by atoms with Gasteiger partial charge in [0, 0.05) is 10.0 Å². The van der Waals surface area contributed by atoms with Crippen molar-refractivity contribution < 1.29 is 9.53 Å². The lowest BCUT2D eigenvalue weighted by Gasteiger charge is -2.37. The predicted molar refractivity (Wildman–Crippen MR) is 69.3 cm³/mol. The summed E-state index contributed by atoms with van der Waals surface area (Å²) in [6.07, 6.45) is 3.32. The number of hydrogen-bond acceptors (Lipinski definition) is 3. The second-order valence-electron chi connectivity index (χ2n) is 4.68. The molecule has 1 aromatic rings. The zero-order valence-electron chi connectivity index (χ0n) is 9.62. The second kappa shape index (κ2) is 5.19. The maximum absolute atomic E-state index is 11.6. The van der Waals surface area contributed by atoms with Gasteiger partial charge in [-0.2, -0.15) is 0 Å². The summed E-state index contributed by atoms with van der Waals surface area (Å²) >= 11 is 3.36. The smallest absolute Gasteiger partial charge is 0.307 e. The standard InChI is InChI=1S/C13H16BrNO2/c14-11-4-2-10(3-5-11)9-17-12(16)8-13(15)6-1-7-13/h2-5H,1,6-9,15H2. The number of halogens is 1. The third-order valence-electron chi connectivity index (χ3n) is 3.16. The normalized spacial score (nSPS) is 17.3. The highest BCUT2D eigenvalue weighted by atomic mass is 79.9. The topological polar surface area (TPSA) is 52.3 Å². The van der Waals surface area contributed by atoms with E-state index in [9.17, 15) is 4.79 Å². The lowest BCUT2D eigenvalue weighted by Crippen LogP contribution is -2.48. The molecule has 1 fully saturated rings. The molecule has 0 spiro atoms. The monoisotopic (exact) mass is 297 g/mol. The molecule has 0 aromatic heterocycles. The summed E-state index contributed by atoms with van der Waals surface area (Å²) < 4.78 is 6.22. The van der Waals surface area contributed by atoms with Crippen LogP contribution in [0, 0.1) is 0 Å². The molecule has 0 unspecified atom stereocenters. The van der Waals surface area contributed by atoms with Gasteiger partial charge in [-0.15, -0.1) is 0 Å². The molecule has 0 heterocycles. The van der Waals surface area contributed by atoms with Crippen molar-refractivity contribution >= 4 is 21.9 Å². The molecule has 1 aromatic carbocycles. The van der Waals surface area contributed by atoms with Gasteiger partial charge in [-0.05, 0) is 37.0 Å². The van der Waals surface area contributed by atoms with Crippen molar-refractivity contribution in [2.24, 2.45) is 5.73 Å². The lowest BCUT2D eigenvalue weighted by molar-refractivity contribution is -0.147. The van der Waals surface area contributed by atoms with Gasteiger partial charge in [0.25, 0.3) is 0 Å². The molecule has 2 rings (SSSR count). The van der Waals surface area contributed by atoms with E-state index in [1.165, 1.54) is 0 Å². The molecular weight excluding hydrogens is 282 g/mol. The highest BCUT2D eigenvalue weighted by molar-refractivity contribution is 9.10. The first-order valence-electron chi connectivity index (χ1n) is 5.76. The fourth-order valence-electron chi connectivity index (χ4n) is 1.89. The number of rotatable bonds is 4. The molecule has 2 N–H and O–H groups in total. The van der Waals surface area contributed by atoms with E-state index in [0.29, 0.717) is 13.0 Å². The van der Waals surface area contributed by atoms with E-state index < -0.39 is 0 Å². The third kappa shape index (κ3) is 3.54. The lowest BCUT2D eigenvalue weighted by atomic mass is 9.75. The second-order valence-corrected chi connectivity index (χ2v) is 5.60. The molecule has 1 aliphatic rings. The van der Waals surface area contributed by atoms with E-state index in [2.05, 4.69) is 15.9 Å². The van der Waals surface area contributed by atoms with Crippen LogP contribution in [0.4, 0.5) is 0 Å². The molecule has 92 valence electrons. The van der Waals surface area contributed by atoms with Crippen molar-refractivity contribution in [2.45, 2.75) is 37.8 Å². The first-order chi connectivity index (χ1) is 8.07. The Morgan fingerprint density at radius 2 is 2.00 bits per heavy atom. The Bertz CT molecular complexity index is 398. The maximum atomic E-state index is 11.6. The first-order valence-corrected chi connectivity index (χ1v) is 6.56. The number of nitrogens with two attached hydrogens (primary N) is 1. The van der Waals surface area contributed by atoms with Gasteiger partial charge in [0.2, 0.25) is 0 Å². The first kappa shape index (κ1) is 12.6. The van der Waals surface area contributed by atoms with Crippen LogP contribution in [0.1, 0.15) is 31.2 Å². The van der Waals surface area contributed by atoms with E-state index in [4.69, 9.17) is 10.5 Å². The largest absolute Gasteiger partial charge is 0.461 e. The molecular formula is C13H16BrNO2. The molecule has 0 bridgehead atoms. The van der Waals surface area contributed by atoms with Crippen molar-refractivity contribution in [1.29, 1.82) is 0 Å². The van der Waals surface area contributed by atoms with Crippen LogP contribution >= 0.6 is 15.9 Å². The predicted octanol–water partition coefficient (Wildman–Crippen LogP) is 2.76. The highest BCUT2D eigenvalue weighted by Crippen LogP contribution is 2.32. The number of benzene rings is 1. The quantitative estimate of drug-likeness (QED) is 0.870. The molecule has 1 saturated carbocycles. The molecule has 3 nitrogen and oxygen atoms in total. The van der Waals surface area contributed by atoms with E-state index >= 15 is 0 Å². The van der Waals surface area contributed by atoms with Gasteiger partial charge in [0.05, 0.1) is 6.42 Å². The molecule has 4 heteroatoms. The summed E-state index contributed by atoms with van der Waals surface area (Å²) in [5.74, 6) is -0.199. The Balaban J connectivity index is 1.78. The minimum atomic E-state index is -0.295. The Morgan fingerprint density at radius 3 is 2.53 bits per heavy atom. The van der Waals surface area contributed by atoms with Crippen LogP contribution in [0.3, 0.4) is 0 Å². The molecule has 0 aliphatic heterocycles. The van der Waals surface area contributed by atoms with Gasteiger partial charge in [-0.25, -0.2) is 0 Å². The number of esters is 1. The van der Waals surface area contributed by atoms with Gasteiger partial charge in [0.1, 0.15) is 6.61 Å². The summed E-state index contributed by atoms with van der Waals surface area (Å²) in [6.45, 7) is 0.322. The van der Waals surface area contributed by atoms with Crippen molar-refractivity contribution in [2.75, 3.05) is 0 Å². The van der Waals surface area contributed by atoms with E-state index in [1.807, 2.05) is 24.3 Å². The maximum Gasteiger partial charge on any atom is 0.307 e. The van der Waals surface area contributed by atoms with Crippen LogP contribution in [0.15, 0.2) is 28.7 Å². The fraction of sp³-hybridized carbons (Fsp3) is 0.462. The summed E-state index contributed by atoms with van der Waals surface area (Å²) in [7, 11) is 0. The Hall–Kier alpha value is -0.870. The SMILES string of the molecule is NC1(CC(=O)OCc2ccc(Br)cc2)CCC1. The minimum Gasteiger partial charge on any atom is -0.461 e. The zero-order chi connectivity index (χ0) is 12.3.